The van der Waals surface area contributed by atoms with Gasteiger partial charge in [-0.1, -0.05) is 13.8 Å². The van der Waals surface area contributed by atoms with Gasteiger partial charge in [0.25, 0.3) is 5.91 Å². The molecule has 1 atom stereocenters. The van der Waals surface area contributed by atoms with Crippen LogP contribution in [0.15, 0.2) is 18.2 Å². The minimum Gasteiger partial charge on any atom is -0.480 e. The number of hydrogen-bond acceptors (Lipinski definition) is 3. The Bertz CT molecular complexity index is 639. The SMILES string of the molecule is CC(C)C[C@H](NC(=O)c1ccc2c(c1)CCC(=O)N2C)C(=O)O. The molecule has 6 heteroatoms. The van der Waals surface area contributed by atoms with E-state index < -0.39 is 17.9 Å². The predicted octanol–water partition coefficient (Wildman–Crippen LogP) is 1.82. The van der Waals surface area contributed by atoms with E-state index >= 15 is 0 Å². The summed E-state index contributed by atoms with van der Waals surface area (Å²) in [5.74, 6) is -1.21. The van der Waals surface area contributed by atoms with Crippen molar-refractivity contribution in [1.82, 2.24) is 5.32 Å². The van der Waals surface area contributed by atoms with Crippen molar-refractivity contribution >= 4 is 23.5 Å². The molecule has 2 amide bonds. The van der Waals surface area contributed by atoms with Crippen LogP contribution in [0, 0.1) is 5.92 Å². The third kappa shape index (κ3) is 3.88. The first kappa shape index (κ1) is 17.0. The first-order valence-corrected chi connectivity index (χ1v) is 7.72. The smallest absolute Gasteiger partial charge is 0.326 e. The van der Waals surface area contributed by atoms with Crippen LogP contribution >= 0.6 is 0 Å². The lowest BCUT2D eigenvalue weighted by atomic mass is 9.98. The molecule has 0 radical (unpaired) electrons. The van der Waals surface area contributed by atoms with Crippen LogP contribution in [0.2, 0.25) is 0 Å². The second-order valence-corrected chi connectivity index (χ2v) is 6.29. The fourth-order valence-corrected chi connectivity index (χ4v) is 2.73. The molecule has 0 fully saturated rings. The maximum absolute atomic E-state index is 12.3. The lowest BCUT2D eigenvalue weighted by molar-refractivity contribution is -0.139. The van der Waals surface area contributed by atoms with Gasteiger partial charge >= 0.3 is 5.97 Å². The molecule has 2 rings (SSSR count). The molecule has 1 aliphatic heterocycles. The van der Waals surface area contributed by atoms with Gasteiger partial charge in [-0.05, 0) is 42.5 Å². The zero-order valence-electron chi connectivity index (χ0n) is 13.6. The largest absolute Gasteiger partial charge is 0.480 e. The summed E-state index contributed by atoms with van der Waals surface area (Å²) in [6.07, 6.45) is 1.39. The number of carboxylic acids is 1. The minimum atomic E-state index is -1.03. The Balaban J connectivity index is 2.17. The van der Waals surface area contributed by atoms with Crippen molar-refractivity contribution in [3.05, 3.63) is 29.3 Å². The molecule has 0 aromatic heterocycles. The van der Waals surface area contributed by atoms with Gasteiger partial charge in [0, 0.05) is 24.7 Å². The molecule has 124 valence electrons. The molecule has 1 aromatic rings. The Morgan fingerprint density at radius 3 is 2.61 bits per heavy atom. The summed E-state index contributed by atoms with van der Waals surface area (Å²) in [5, 5.41) is 11.8. The van der Waals surface area contributed by atoms with Gasteiger partial charge in [0.05, 0.1) is 0 Å². The number of fused-ring (bicyclic) bond motifs is 1. The molecule has 0 saturated heterocycles. The summed E-state index contributed by atoms with van der Waals surface area (Å²) < 4.78 is 0. The van der Waals surface area contributed by atoms with Gasteiger partial charge in [0.15, 0.2) is 0 Å². The normalized spacial score (nSPS) is 15.3. The maximum atomic E-state index is 12.3. The van der Waals surface area contributed by atoms with Crippen LogP contribution in [-0.2, 0) is 16.0 Å². The quantitative estimate of drug-likeness (QED) is 0.867. The molecule has 0 bridgehead atoms. The van der Waals surface area contributed by atoms with Gasteiger partial charge < -0.3 is 15.3 Å². The van der Waals surface area contributed by atoms with Crippen LogP contribution in [0.25, 0.3) is 0 Å². The fraction of sp³-hybridized carbons (Fsp3) is 0.471. The van der Waals surface area contributed by atoms with E-state index in [0.29, 0.717) is 24.8 Å². The Morgan fingerprint density at radius 2 is 2.00 bits per heavy atom. The van der Waals surface area contributed by atoms with Gasteiger partial charge in [-0.3, -0.25) is 9.59 Å². The number of anilines is 1. The van der Waals surface area contributed by atoms with Crippen molar-refractivity contribution < 1.29 is 19.5 Å². The monoisotopic (exact) mass is 318 g/mol. The molecule has 1 heterocycles. The van der Waals surface area contributed by atoms with Crippen LogP contribution < -0.4 is 10.2 Å². The zero-order valence-corrected chi connectivity index (χ0v) is 13.6. The Hall–Kier alpha value is -2.37. The Labute approximate surface area is 135 Å². The van der Waals surface area contributed by atoms with Crippen molar-refractivity contribution in [2.75, 3.05) is 11.9 Å². The number of nitrogens with zero attached hydrogens (tertiary/aromatic N) is 1. The van der Waals surface area contributed by atoms with Gasteiger partial charge in [-0.25, -0.2) is 4.79 Å². The van der Waals surface area contributed by atoms with E-state index in [1.54, 1.807) is 30.1 Å². The number of carboxylic acid groups (broad SMARTS) is 1. The first-order chi connectivity index (χ1) is 10.8. The molecule has 1 aromatic carbocycles. The van der Waals surface area contributed by atoms with E-state index in [0.717, 1.165) is 11.3 Å². The molecular formula is C17H22N2O4. The average molecular weight is 318 g/mol. The number of rotatable bonds is 5. The lowest BCUT2D eigenvalue weighted by Crippen LogP contribution is -2.41. The summed E-state index contributed by atoms with van der Waals surface area (Å²) in [6.45, 7) is 3.82. The zero-order chi connectivity index (χ0) is 17.1. The van der Waals surface area contributed by atoms with E-state index in [2.05, 4.69) is 5.32 Å². The Morgan fingerprint density at radius 1 is 1.30 bits per heavy atom. The molecule has 0 aliphatic carbocycles. The fourth-order valence-electron chi connectivity index (χ4n) is 2.73. The minimum absolute atomic E-state index is 0.0533. The number of amides is 2. The maximum Gasteiger partial charge on any atom is 0.326 e. The molecule has 23 heavy (non-hydrogen) atoms. The van der Waals surface area contributed by atoms with Crippen molar-refractivity contribution in [2.45, 2.75) is 39.2 Å². The number of nitrogens with one attached hydrogen (secondary N) is 1. The third-order valence-electron chi connectivity index (χ3n) is 4.00. The highest BCUT2D eigenvalue weighted by Crippen LogP contribution is 2.27. The van der Waals surface area contributed by atoms with Crippen LogP contribution in [0.4, 0.5) is 5.69 Å². The van der Waals surface area contributed by atoms with Crippen LogP contribution in [0.5, 0.6) is 0 Å². The summed E-state index contributed by atoms with van der Waals surface area (Å²) in [4.78, 5) is 36.8. The second-order valence-electron chi connectivity index (χ2n) is 6.29. The van der Waals surface area contributed by atoms with Crippen LogP contribution in [-0.4, -0.2) is 36.0 Å². The highest BCUT2D eigenvalue weighted by Gasteiger charge is 2.24. The van der Waals surface area contributed by atoms with Gasteiger partial charge in [-0.15, -0.1) is 0 Å². The van der Waals surface area contributed by atoms with E-state index in [1.807, 2.05) is 13.8 Å². The number of aliphatic carboxylic acids is 1. The number of aryl methyl sites for hydroxylation is 1. The molecule has 0 saturated carbocycles. The molecule has 2 N–H and O–H groups in total. The van der Waals surface area contributed by atoms with E-state index in [9.17, 15) is 19.5 Å². The molecule has 0 spiro atoms. The van der Waals surface area contributed by atoms with Crippen molar-refractivity contribution in [2.24, 2.45) is 5.92 Å². The molecule has 6 nitrogen and oxygen atoms in total. The van der Waals surface area contributed by atoms with Crippen molar-refractivity contribution in [3.8, 4) is 0 Å². The highest BCUT2D eigenvalue weighted by atomic mass is 16.4. The lowest BCUT2D eigenvalue weighted by Gasteiger charge is -2.26. The summed E-state index contributed by atoms with van der Waals surface area (Å²) in [6, 6.07) is 4.20. The molecule has 0 unspecified atom stereocenters. The number of benzene rings is 1. The van der Waals surface area contributed by atoms with Crippen LogP contribution in [0.1, 0.15) is 42.6 Å². The highest BCUT2D eigenvalue weighted by molar-refractivity contribution is 5.99. The van der Waals surface area contributed by atoms with E-state index in [-0.39, 0.29) is 11.8 Å². The van der Waals surface area contributed by atoms with Gasteiger partial charge in [0.2, 0.25) is 5.91 Å². The van der Waals surface area contributed by atoms with E-state index in [1.165, 1.54) is 0 Å². The topological polar surface area (TPSA) is 86.7 Å². The molecular weight excluding hydrogens is 296 g/mol. The second kappa shape index (κ2) is 6.81. The standard InChI is InChI=1S/C17H22N2O4/c1-10(2)8-13(17(22)23)18-16(21)12-4-6-14-11(9-12)5-7-15(20)19(14)3/h4,6,9-10,13H,5,7-8H2,1-3H3,(H,18,21)(H,22,23)/t13-/m0/s1. The predicted molar refractivity (Wildman–Crippen MR) is 86.5 cm³/mol. The van der Waals surface area contributed by atoms with Gasteiger partial charge in [0.1, 0.15) is 6.04 Å². The third-order valence-corrected chi connectivity index (χ3v) is 4.00. The number of carbonyl (C=O) groups is 3. The number of hydrogen-bond donors (Lipinski definition) is 2. The van der Waals surface area contributed by atoms with Crippen molar-refractivity contribution in [1.29, 1.82) is 0 Å². The average Bonchev–Trinajstić information content (AvgIpc) is 2.49. The van der Waals surface area contributed by atoms with E-state index in [4.69, 9.17) is 0 Å². The summed E-state index contributed by atoms with van der Waals surface area (Å²) in [5.41, 5.74) is 2.15. The number of carbonyl (C=O) groups excluding carboxylic acids is 2. The van der Waals surface area contributed by atoms with Crippen LogP contribution in [0.3, 0.4) is 0 Å². The van der Waals surface area contributed by atoms with Gasteiger partial charge in [-0.2, -0.15) is 0 Å². The van der Waals surface area contributed by atoms with Crippen molar-refractivity contribution in [3.63, 3.8) is 0 Å². The molecule has 1 aliphatic rings. The summed E-state index contributed by atoms with van der Waals surface area (Å²) in [7, 11) is 1.71. The first-order valence-electron chi connectivity index (χ1n) is 7.72. The summed E-state index contributed by atoms with van der Waals surface area (Å²) >= 11 is 0. The Kier molecular flexibility index (Phi) is 5.03.